The second-order valence-corrected chi connectivity index (χ2v) is 6.82. The molecule has 0 bridgehead atoms. The minimum absolute atomic E-state index is 0.113. The number of carbonyl (C=O) groups is 1. The molecular weight excluding hydrogens is 312 g/mol. The first-order chi connectivity index (χ1) is 12.1. The lowest BCUT2D eigenvalue weighted by molar-refractivity contribution is 0.0735. The van der Waals surface area contributed by atoms with Crippen LogP contribution >= 0.6 is 0 Å². The fourth-order valence-corrected chi connectivity index (χ4v) is 3.43. The number of nitrogens with one attached hydrogen (secondary N) is 1. The second-order valence-electron chi connectivity index (χ2n) is 6.82. The van der Waals surface area contributed by atoms with Crippen molar-refractivity contribution in [3.8, 4) is 0 Å². The van der Waals surface area contributed by atoms with Gasteiger partial charge in [-0.3, -0.25) is 4.79 Å². The fraction of sp³-hybridized carbons (Fsp3) is 0.400. The van der Waals surface area contributed by atoms with E-state index < -0.39 is 0 Å². The molecule has 0 radical (unpaired) electrons. The lowest BCUT2D eigenvalue weighted by Crippen LogP contribution is -2.30. The van der Waals surface area contributed by atoms with Crippen molar-refractivity contribution in [2.45, 2.75) is 25.4 Å². The molecule has 1 N–H and O–H groups in total. The smallest absolute Gasteiger partial charge is 0.254 e. The molecule has 0 spiro atoms. The molecule has 0 saturated carbocycles. The van der Waals surface area contributed by atoms with Crippen LogP contribution < -0.4 is 5.32 Å². The van der Waals surface area contributed by atoms with Crippen molar-refractivity contribution < 1.29 is 4.79 Å². The molecule has 1 amide bonds. The molecule has 1 aliphatic heterocycles. The number of hydrogen-bond donors (Lipinski definition) is 1. The zero-order chi connectivity index (χ0) is 17.8. The molecule has 0 aliphatic carbocycles. The van der Waals surface area contributed by atoms with Crippen molar-refractivity contribution in [3.05, 3.63) is 59.3 Å². The molecule has 2 heterocycles. The molecule has 1 atom stereocenters. The van der Waals surface area contributed by atoms with Crippen molar-refractivity contribution in [3.63, 3.8) is 0 Å². The lowest BCUT2D eigenvalue weighted by Gasteiger charge is -2.25. The number of aromatic nitrogens is 1. The summed E-state index contributed by atoms with van der Waals surface area (Å²) in [5, 5.41) is 3.07. The predicted octanol–water partition coefficient (Wildman–Crippen LogP) is 3.16. The van der Waals surface area contributed by atoms with E-state index in [0.29, 0.717) is 0 Å². The number of anilines is 1. The summed E-state index contributed by atoms with van der Waals surface area (Å²) in [6.07, 6.45) is 3.84. The summed E-state index contributed by atoms with van der Waals surface area (Å²) in [6.45, 7) is 1.69. The topological polar surface area (TPSA) is 48.5 Å². The minimum atomic E-state index is 0.113. The van der Waals surface area contributed by atoms with E-state index in [1.54, 1.807) is 6.20 Å². The van der Waals surface area contributed by atoms with Gasteiger partial charge in [0.15, 0.2) is 0 Å². The Morgan fingerprint density at radius 3 is 2.72 bits per heavy atom. The molecule has 1 fully saturated rings. The van der Waals surface area contributed by atoms with E-state index in [-0.39, 0.29) is 11.9 Å². The molecule has 5 heteroatoms. The van der Waals surface area contributed by atoms with Crippen LogP contribution in [0.2, 0.25) is 0 Å². The Balaban J connectivity index is 1.78. The average Bonchev–Trinajstić information content (AvgIpc) is 3.11. The van der Waals surface area contributed by atoms with Gasteiger partial charge in [0, 0.05) is 31.9 Å². The Morgan fingerprint density at radius 2 is 2.04 bits per heavy atom. The highest BCUT2D eigenvalue weighted by Crippen LogP contribution is 2.33. The molecule has 1 unspecified atom stereocenters. The quantitative estimate of drug-likeness (QED) is 0.910. The van der Waals surface area contributed by atoms with Gasteiger partial charge in [0.25, 0.3) is 5.91 Å². The Bertz CT molecular complexity index is 727. The zero-order valence-corrected chi connectivity index (χ0v) is 15.2. The maximum absolute atomic E-state index is 13.0. The Hall–Kier alpha value is -2.40. The lowest BCUT2D eigenvalue weighted by atomic mass is 10.0. The number of nitrogens with zero attached hydrogens (tertiary/aromatic N) is 3. The average molecular weight is 338 g/mol. The van der Waals surface area contributed by atoms with Gasteiger partial charge >= 0.3 is 0 Å². The van der Waals surface area contributed by atoms with E-state index in [1.165, 1.54) is 5.56 Å². The van der Waals surface area contributed by atoms with E-state index >= 15 is 0 Å². The molecular formula is C20H26N4O. The third-order valence-corrected chi connectivity index (χ3v) is 4.64. The van der Waals surface area contributed by atoms with Gasteiger partial charge in [-0.05, 0) is 62.3 Å². The van der Waals surface area contributed by atoms with Crippen molar-refractivity contribution >= 4 is 11.7 Å². The number of pyridine rings is 1. The predicted molar refractivity (Wildman–Crippen MR) is 101 cm³/mol. The third kappa shape index (κ3) is 3.99. The molecule has 1 saturated heterocycles. The fourth-order valence-electron chi connectivity index (χ4n) is 3.43. The van der Waals surface area contributed by atoms with Gasteiger partial charge in [-0.25, -0.2) is 4.98 Å². The minimum Gasteiger partial charge on any atom is -0.373 e. The van der Waals surface area contributed by atoms with E-state index in [2.05, 4.69) is 15.2 Å². The van der Waals surface area contributed by atoms with Crippen LogP contribution in [0.25, 0.3) is 0 Å². The number of hydrogen-bond acceptors (Lipinski definition) is 4. The highest BCUT2D eigenvalue weighted by molar-refractivity contribution is 5.94. The first kappa shape index (κ1) is 17.4. The number of benzene rings is 1. The zero-order valence-electron chi connectivity index (χ0n) is 15.2. The first-order valence-electron chi connectivity index (χ1n) is 8.77. The van der Waals surface area contributed by atoms with Gasteiger partial charge in [-0.1, -0.05) is 12.1 Å². The van der Waals surface area contributed by atoms with E-state index in [9.17, 15) is 4.79 Å². The number of amides is 1. The SMILES string of the molecule is CNc1cc(C2CCCN2C(=O)c2ccc(CN(C)C)cc2)ccn1. The summed E-state index contributed by atoms with van der Waals surface area (Å²) in [7, 11) is 5.95. The molecule has 132 valence electrons. The van der Waals surface area contributed by atoms with Crippen LogP contribution in [-0.4, -0.2) is 48.4 Å². The summed E-state index contributed by atoms with van der Waals surface area (Å²) in [6, 6.07) is 12.2. The summed E-state index contributed by atoms with van der Waals surface area (Å²) in [5.41, 5.74) is 3.12. The van der Waals surface area contributed by atoms with Crippen molar-refractivity contribution in [2.24, 2.45) is 0 Å². The third-order valence-electron chi connectivity index (χ3n) is 4.64. The molecule has 3 rings (SSSR count). The standard InChI is InChI=1S/C20H26N4O/c1-21-19-13-17(10-11-22-19)18-5-4-12-24(18)20(25)16-8-6-15(7-9-16)14-23(2)3/h6-11,13,18H,4-5,12,14H2,1-3H3,(H,21,22). The summed E-state index contributed by atoms with van der Waals surface area (Å²) in [5.74, 6) is 0.951. The molecule has 2 aromatic rings. The number of carbonyl (C=O) groups excluding carboxylic acids is 1. The first-order valence-corrected chi connectivity index (χ1v) is 8.77. The van der Waals surface area contributed by atoms with Crippen LogP contribution in [0.5, 0.6) is 0 Å². The van der Waals surface area contributed by atoms with Gasteiger partial charge in [0.2, 0.25) is 0 Å². The maximum Gasteiger partial charge on any atom is 0.254 e. The largest absolute Gasteiger partial charge is 0.373 e. The highest BCUT2D eigenvalue weighted by Gasteiger charge is 2.30. The van der Waals surface area contributed by atoms with Crippen molar-refractivity contribution in [1.29, 1.82) is 0 Å². The summed E-state index contributed by atoms with van der Waals surface area (Å²) >= 11 is 0. The van der Waals surface area contributed by atoms with E-state index in [0.717, 1.165) is 42.9 Å². The van der Waals surface area contributed by atoms with Crippen molar-refractivity contribution in [1.82, 2.24) is 14.8 Å². The molecule has 1 aromatic heterocycles. The van der Waals surface area contributed by atoms with Crippen LogP contribution in [0.4, 0.5) is 5.82 Å². The molecule has 1 aromatic carbocycles. The Morgan fingerprint density at radius 1 is 1.28 bits per heavy atom. The molecule has 25 heavy (non-hydrogen) atoms. The molecule has 5 nitrogen and oxygen atoms in total. The van der Waals surface area contributed by atoms with Crippen LogP contribution in [0.1, 0.15) is 40.4 Å². The van der Waals surface area contributed by atoms with E-state index in [1.807, 2.05) is 62.4 Å². The molecule has 1 aliphatic rings. The van der Waals surface area contributed by atoms with Gasteiger partial charge in [0.05, 0.1) is 6.04 Å². The Labute approximate surface area is 149 Å². The van der Waals surface area contributed by atoms with Crippen LogP contribution in [0.15, 0.2) is 42.6 Å². The van der Waals surface area contributed by atoms with Gasteiger partial charge in [-0.15, -0.1) is 0 Å². The number of likely N-dealkylation sites (tertiary alicyclic amines) is 1. The summed E-state index contributed by atoms with van der Waals surface area (Å²) < 4.78 is 0. The van der Waals surface area contributed by atoms with Gasteiger partial charge < -0.3 is 15.1 Å². The monoisotopic (exact) mass is 338 g/mol. The number of rotatable bonds is 5. The van der Waals surface area contributed by atoms with Crippen molar-refractivity contribution in [2.75, 3.05) is 33.0 Å². The van der Waals surface area contributed by atoms with Crippen LogP contribution in [-0.2, 0) is 6.54 Å². The second kappa shape index (κ2) is 7.66. The van der Waals surface area contributed by atoms with E-state index in [4.69, 9.17) is 0 Å². The van der Waals surface area contributed by atoms with Crippen LogP contribution in [0, 0.1) is 0 Å². The summed E-state index contributed by atoms with van der Waals surface area (Å²) in [4.78, 5) is 21.4. The highest BCUT2D eigenvalue weighted by atomic mass is 16.2. The van der Waals surface area contributed by atoms with Gasteiger partial charge in [0.1, 0.15) is 5.82 Å². The van der Waals surface area contributed by atoms with Crippen LogP contribution in [0.3, 0.4) is 0 Å². The van der Waals surface area contributed by atoms with Gasteiger partial charge in [-0.2, -0.15) is 0 Å². The maximum atomic E-state index is 13.0. The Kier molecular flexibility index (Phi) is 5.34. The normalized spacial score (nSPS) is 17.1.